The Morgan fingerprint density at radius 1 is 1.11 bits per heavy atom. The van der Waals surface area contributed by atoms with Crippen LogP contribution in [0.3, 0.4) is 0 Å². The van der Waals surface area contributed by atoms with Crippen LogP contribution in [0.1, 0.15) is 44.2 Å². The number of benzene rings is 2. The van der Waals surface area contributed by atoms with Gasteiger partial charge in [-0.2, -0.15) is 0 Å². The van der Waals surface area contributed by atoms with E-state index >= 15 is 0 Å². The minimum absolute atomic E-state index is 0.00901. The summed E-state index contributed by atoms with van der Waals surface area (Å²) in [5.74, 6) is -1.40. The van der Waals surface area contributed by atoms with Gasteiger partial charge in [0.15, 0.2) is 0 Å². The van der Waals surface area contributed by atoms with Crippen molar-refractivity contribution in [3.05, 3.63) is 59.7 Å². The van der Waals surface area contributed by atoms with Crippen molar-refractivity contribution in [3.8, 4) is 11.1 Å². The van der Waals surface area contributed by atoms with E-state index in [0.717, 1.165) is 22.3 Å². The fourth-order valence-electron chi connectivity index (χ4n) is 4.71. The Hall–Kier alpha value is -3.39. The quantitative estimate of drug-likeness (QED) is 0.533. The third-order valence-corrected chi connectivity index (χ3v) is 7.55. The van der Waals surface area contributed by atoms with Gasteiger partial charge in [0, 0.05) is 12.5 Å². The molecule has 2 amide bonds. The Bertz CT molecular complexity index is 1090. The number of carbonyl (C=O) groups excluding carboxylic acids is 2. The number of carboxylic acid groups (broad SMARTS) is 1. The van der Waals surface area contributed by atoms with Gasteiger partial charge in [0.1, 0.15) is 6.61 Å². The van der Waals surface area contributed by atoms with Crippen LogP contribution in [0.15, 0.2) is 48.5 Å². The smallest absolute Gasteiger partial charge is 0.407 e. The average molecular weight is 481 g/mol. The Labute approximate surface area is 205 Å². The lowest BCUT2D eigenvalue weighted by atomic mass is 9.83. The van der Waals surface area contributed by atoms with Gasteiger partial charge >= 0.3 is 12.1 Å². The predicted molar refractivity (Wildman–Crippen MR) is 130 cm³/mol. The van der Waals surface area contributed by atoms with E-state index in [-0.39, 0.29) is 38.2 Å². The summed E-state index contributed by atoms with van der Waals surface area (Å²) in [6.07, 6.45) is -0.248. The first kappa shape index (κ1) is 24.7. The summed E-state index contributed by atoms with van der Waals surface area (Å²) < 4.78 is 11.1. The lowest BCUT2D eigenvalue weighted by molar-refractivity contribution is -0.148. The van der Waals surface area contributed by atoms with Crippen LogP contribution < -0.4 is 10.6 Å². The molecule has 1 aliphatic carbocycles. The average Bonchev–Trinajstić information content (AvgIpc) is 3.39. The molecule has 2 aromatic carbocycles. The van der Waals surface area contributed by atoms with Crippen molar-refractivity contribution in [2.75, 3.05) is 26.4 Å². The molecular formula is C27H32N2O6. The molecule has 0 bridgehead atoms. The standard InChI is InChI=1S/C27H32N2O6/c1-4-26(2,24(31)32)15-28-23(30)27(3)16-34-14-22(27)29-25(33)35-13-21-19-11-7-5-9-17(19)18-10-6-8-12-20(18)21/h5-12,21-22H,4,13-16H2,1-3H3,(H,28,30)(H,29,33)(H,31,32). The van der Waals surface area contributed by atoms with E-state index in [0.29, 0.717) is 6.42 Å². The van der Waals surface area contributed by atoms with Gasteiger partial charge in [0.25, 0.3) is 0 Å². The second-order valence-corrected chi connectivity index (χ2v) is 9.86. The van der Waals surface area contributed by atoms with Gasteiger partial charge in [-0.15, -0.1) is 0 Å². The van der Waals surface area contributed by atoms with Crippen molar-refractivity contribution in [1.82, 2.24) is 10.6 Å². The van der Waals surface area contributed by atoms with E-state index in [1.807, 2.05) is 24.3 Å². The monoisotopic (exact) mass is 480 g/mol. The molecule has 4 rings (SSSR count). The van der Waals surface area contributed by atoms with Crippen molar-refractivity contribution in [3.63, 3.8) is 0 Å². The molecular weight excluding hydrogens is 448 g/mol. The van der Waals surface area contributed by atoms with Crippen LogP contribution in [0.25, 0.3) is 11.1 Å². The lowest BCUT2D eigenvalue weighted by Crippen LogP contribution is -2.55. The summed E-state index contributed by atoms with van der Waals surface area (Å²) in [6.45, 7) is 5.50. The lowest BCUT2D eigenvalue weighted by Gasteiger charge is -2.31. The molecule has 2 aliphatic rings. The number of fused-ring (bicyclic) bond motifs is 3. The van der Waals surface area contributed by atoms with Crippen LogP contribution in [0, 0.1) is 10.8 Å². The minimum Gasteiger partial charge on any atom is -0.481 e. The molecule has 0 aromatic heterocycles. The zero-order chi connectivity index (χ0) is 25.2. The highest BCUT2D eigenvalue weighted by atomic mass is 16.5. The third kappa shape index (κ3) is 4.62. The van der Waals surface area contributed by atoms with Gasteiger partial charge in [-0.1, -0.05) is 55.5 Å². The maximum absolute atomic E-state index is 13.0. The summed E-state index contributed by atoms with van der Waals surface area (Å²) in [7, 11) is 0. The number of amides is 2. The highest BCUT2D eigenvalue weighted by molar-refractivity contribution is 5.85. The number of hydrogen-bond acceptors (Lipinski definition) is 5. The number of rotatable bonds is 8. The number of carbonyl (C=O) groups is 3. The summed E-state index contributed by atoms with van der Waals surface area (Å²) in [4.78, 5) is 37.3. The van der Waals surface area contributed by atoms with E-state index in [2.05, 4.69) is 34.9 Å². The number of carboxylic acids is 1. The summed E-state index contributed by atoms with van der Waals surface area (Å²) in [5, 5.41) is 15.0. The number of hydrogen-bond donors (Lipinski definition) is 3. The van der Waals surface area contributed by atoms with E-state index in [1.54, 1.807) is 20.8 Å². The molecule has 1 aliphatic heterocycles. The van der Waals surface area contributed by atoms with Crippen LogP contribution in [0.2, 0.25) is 0 Å². The van der Waals surface area contributed by atoms with E-state index in [1.165, 1.54) is 0 Å². The minimum atomic E-state index is -1.07. The zero-order valence-corrected chi connectivity index (χ0v) is 20.3. The predicted octanol–water partition coefficient (Wildman–Crippen LogP) is 3.55. The van der Waals surface area contributed by atoms with Crippen LogP contribution in [0.5, 0.6) is 0 Å². The number of aliphatic carboxylic acids is 1. The Balaban J connectivity index is 1.38. The first-order valence-electron chi connectivity index (χ1n) is 11.9. The van der Waals surface area contributed by atoms with Gasteiger partial charge in [-0.05, 0) is 42.5 Å². The summed E-state index contributed by atoms with van der Waals surface area (Å²) in [6, 6.07) is 15.6. The van der Waals surface area contributed by atoms with Crippen molar-refractivity contribution >= 4 is 18.0 Å². The van der Waals surface area contributed by atoms with Crippen LogP contribution in [-0.4, -0.2) is 55.5 Å². The molecule has 0 saturated carbocycles. The summed E-state index contributed by atoms with van der Waals surface area (Å²) in [5.41, 5.74) is 2.41. The molecule has 1 fully saturated rings. The Morgan fingerprint density at radius 2 is 1.71 bits per heavy atom. The maximum Gasteiger partial charge on any atom is 0.407 e. The van der Waals surface area contributed by atoms with Gasteiger partial charge < -0.3 is 25.2 Å². The van der Waals surface area contributed by atoms with Gasteiger partial charge in [-0.25, -0.2) is 4.79 Å². The first-order valence-corrected chi connectivity index (χ1v) is 11.9. The van der Waals surface area contributed by atoms with Crippen molar-refractivity contribution in [2.45, 2.75) is 39.2 Å². The highest BCUT2D eigenvalue weighted by Gasteiger charge is 2.48. The molecule has 186 valence electrons. The summed E-state index contributed by atoms with van der Waals surface area (Å²) >= 11 is 0. The van der Waals surface area contributed by atoms with Crippen molar-refractivity contribution < 1.29 is 29.0 Å². The highest BCUT2D eigenvalue weighted by Crippen LogP contribution is 2.44. The van der Waals surface area contributed by atoms with E-state index in [9.17, 15) is 19.5 Å². The van der Waals surface area contributed by atoms with E-state index in [4.69, 9.17) is 9.47 Å². The molecule has 8 nitrogen and oxygen atoms in total. The zero-order valence-electron chi connectivity index (χ0n) is 20.3. The first-order chi connectivity index (χ1) is 16.7. The van der Waals surface area contributed by atoms with Gasteiger partial charge in [0.2, 0.25) is 5.91 Å². The molecule has 3 N–H and O–H groups in total. The molecule has 0 radical (unpaired) electrons. The van der Waals surface area contributed by atoms with Crippen molar-refractivity contribution in [1.29, 1.82) is 0 Å². The Kier molecular flexibility index (Phi) is 6.85. The van der Waals surface area contributed by atoms with Crippen LogP contribution in [0.4, 0.5) is 4.79 Å². The normalized spacial score (nSPS) is 22.5. The number of ether oxygens (including phenoxy) is 2. The van der Waals surface area contributed by atoms with E-state index < -0.39 is 28.9 Å². The maximum atomic E-state index is 13.0. The molecule has 8 heteroatoms. The molecule has 3 unspecified atom stereocenters. The van der Waals surface area contributed by atoms with Crippen LogP contribution >= 0.6 is 0 Å². The van der Waals surface area contributed by atoms with Crippen LogP contribution in [-0.2, 0) is 19.1 Å². The van der Waals surface area contributed by atoms with Gasteiger partial charge in [0.05, 0.1) is 30.1 Å². The largest absolute Gasteiger partial charge is 0.481 e. The molecule has 1 saturated heterocycles. The SMILES string of the molecule is CCC(C)(CNC(=O)C1(C)COCC1NC(=O)OCC1c2ccccc2-c2ccccc21)C(=O)O. The third-order valence-electron chi connectivity index (χ3n) is 7.55. The fraction of sp³-hybridized carbons (Fsp3) is 0.444. The topological polar surface area (TPSA) is 114 Å². The number of alkyl carbamates (subject to hydrolysis) is 1. The molecule has 0 spiro atoms. The Morgan fingerprint density at radius 3 is 2.29 bits per heavy atom. The van der Waals surface area contributed by atoms with Gasteiger partial charge in [-0.3, -0.25) is 9.59 Å². The van der Waals surface area contributed by atoms with Crippen molar-refractivity contribution in [2.24, 2.45) is 10.8 Å². The fourth-order valence-corrected chi connectivity index (χ4v) is 4.71. The second kappa shape index (κ2) is 9.70. The molecule has 3 atom stereocenters. The molecule has 2 aromatic rings. The number of nitrogens with one attached hydrogen (secondary N) is 2. The molecule has 35 heavy (non-hydrogen) atoms. The second-order valence-electron chi connectivity index (χ2n) is 9.86. The molecule has 1 heterocycles.